The van der Waals surface area contributed by atoms with Crippen molar-refractivity contribution in [1.82, 2.24) is 29.9 Å². The van der Waals surface area contributed by atoms with Crippen LogP contribution in [0.4, 0.5) is 0 Å². The Balaban J connectivity index is 0.671. The fourth-order valence-corrected chi connectivity index (χ4v) is 14.9. The number of hydrogen-bond acceptors (Lipinski definition) is 10. The van der Waals surface area contributed by atoms with Crippen LogP contribution in [0, 0.1) is 0 Å². The highest BCUT2D eigenvalue weighted by atomic mass is 32.1. The van der Waals surface area contributed by atoms with Crippen molar-refractivity contribution >= 4 is 107 Å². The first-order chi connectivity index (χ1) is 43.5. The Hall–Kier alpha value is -11.3. The first-order valence-electron chi connectivity index (χ1n) is 29.1. The minimum absolute atomic E-state index is 0.565. The fraction of sp³-hybridized carbons (Fsp3) is 0. The maximum Gasteiger partial charge on any atom is 0.164 e. The summed E-state index contributed by atoms with van der Waals surface area (Å²) in [5.74, 6) is 3.56. The van der Waals surface area contributed by atoms with Gasteiger partial charge in [0.15, 0.2) is 34.9 Å². The number of nitrogens with zero attached hydrogens (tertiary/aromatic N) is 6. The second-order valence-electron chi connectivity index (χ2n) is 22.1. The highest BCUT2D eigenvalue weighted by Gasteiger charge is 2.21. The molecule has 88 heavy (non-hydrogen) atoms. The molecule has 6 heterocycles. The van der Waals surface area contributed by atoms with Crippen LogP contribution in [0.3, 0.4) is 0 Å². The number of aromatic nitrogens is 6. The summed E-state index contributed by atoms with van der Waals surface area (Å²) in [6.45, 7) is 0. The molecule has 6 aromatic heterocycles. The molecule has 18 rings (SSSR count). The van der Waals surface area contributed by atoms with E-state index in [4.69, 9.17) is 38.7 Å². The van der Waals surface area contributed by atoms with Crippen molar-refractivity contribution in [2.75, 3.05) is 0 Å². The molecule has 0 N–H and O–H groups in total. The van der Waals surface area contributed by atoms with E-state index in [1.807, 2.05) is 120 Å². The zero-order chi connectivity index (χ0) is 57.8. The van der Waals surface area contributed by atoms with E-state index in [1.54, 1.807) is 0 Å². The standard InChI is InChI=1S/C78H44N6O2S2/c1-4-15-45(16-5-1)73-79-74(46-17-6-2-7-18-46)82-77(81-73)53-31-36-60-58-35-30-51(42-65(58)86-67(60)43-53)56-25-13-26-61-63-40-49(33-38-69(63)88-72(56)61)48-21-12-22-52(39-48)76-80-75(47-19-8-3-9-20-47)83-78(84-76)54-32-37-59-57-34-29-50(41-64(57)85-66(59)44-54)55-24-14-28-70-71(55)62-23-10-11-27-68(62)87-70/h1-44H. The topological polar surface area (TPSA) is 104 Å². The second-order valence-corrected chi connectivity index (χ2v) is 24.2. The predicted molar refractivity (Wildman–Crippen MR) is 362 cm³/mol. The van der Waals surface area contributed by atoms with Crippen molar-refractivity contribution in [2.45, 2.75) is 0 Å². The molecule has 0 unspecified atom stereocenters. The summed E-state index contributed by atoms with van der Waals surface area (Å²) in [7, 11) is 0. The van der Waals surface area contributed by atoms with Crippen molar-refractivity contribution in [3.8, 4) is 102 Å². The van der Waals surface area contributed by atoms with Gasteiger partial charge in [0, 0.05) is 95.3 Å². The van der Waals surface area contributed by atoms with Crippen LogP contribution in [0.25, 0.3) is 186 Å². The molecule has 0 aliphatic heterocycles. The van der Waals surface area contributed by atoms with Crippen LogP contribution < -0.4 is 0 Å². The molecular formula is C78H44N6O2S2. The van der Waals surface area contributed by atoms with Crippen LogP contribution in [0.1, 0.15) is 0 Å². The van der Waals surface area contributed by atoms with E-state index in [-0.39, 0.29) is 0 Å². The molecule has 10 heteroatoms. The van der Waals surface area contributed by atoms with Gasteiger partial charge in [0.05, 0.1) is 0 Å². The van der Waals surface area contributed by atoms with Gasteiger partial charge in [-0.15, -0.1) is 22.7 Å². The molecule has 0 fully saturated rings. The lowest BCUT2D eigenvalue weighted by Gasteiger charge is -2.10. The molecule has 0 saturated heterocycles. The summed E-state index contributed by atoms with van der Waals surface area (Å²) in [4.78, 5) is 30.3. The third kappa shape index (κ3) is 8.48. The molecule has 0 saturated carbocycles. The van der Waals surface area contributed by atoms with Gasteiger partial charge in [-0.1, -0.05) is 188 Å². The Bertz CT molecular complexity index is 5780. The molecule has 0 amide bonds. The second kappa shape index (κ2) is 20.2. The Morgan fingerprint density at radius 1 is 0.216 bits per heavy atom. The van der Waals surface area contributed by atoms with Gasteiger partial charge in [-0.05, 0) is 112 Å². The van der Waals surface area contributed by atoms with Gasteiger partial charge in [0.1, 0.15) is 22.3 Å². The van der Waals surface area contributed by atoms with Gasteiger partial charge in [0.25, 0.3) is 0 Å². The van der Waals surface area contributed by atoms with Crippen molar-refractivity contribution in [3.05, 3.63) is 267 Å². The van der Waals surface area contributed by atoms with Crippen LogP contribution >= 0.6 is 22.7 Å². The normalized spacial score (nSPS) is 11.9. The predicted octanol–water partition coefficient (Wildman–Crippen LogP) is 21.6. The molecule has 12 aromatic carbocycles. The van der Waals surface area contributed by atoms with Crippen molar-refractivity contribution in [2.24, 2.45) is 0 Å². The smallest absolute Gasteiger partial charge is 0.164 e. The van der Waals surface area contributed by atoms with E-state index in [9.17, 15) is 0 Å². The van der Waals surface area contributed by atoms with Crippen LogP contribution in [-0.2, 0) is 0 Å². The van der Waals surface area contributed by atoms with Gasteiger partial charge < -0.3 is 8.83 Å². The quantitative estimate of drug-likeness (QED) is 0.141. The average molecular weight is 1160 g/mol. The maximum atomic E-state index is 6.72. The molecule has 0 spiro atoms. The van der Waals surface area contributed by atoms with Gasteiger partial charge in [0.2, 0.25) is 0 Å². The number of rotatable bonds is 9. The van der Waals surface area contributed by atoms with E-state index in [0.717, 1.165) is 105 Å². The molecule has 0 aliphatic carbocycles. The molecule has 0 bridgehead atoms. The van der Waals surface area contributed by atoms with E-state index in [2.05, 4.69) is 170 Å². The Labute approximate surface area is 511 Å². The highest BCUT2D eigenvalue weighted by Crippen LogP contribution is 2.45. The number of fused-ring (bicyclic) bond motifs is 12. The lowest BCUT2D eigenvalue weighted by molar-refractivity contribution is 0.669. The number of benzene rings is 12. The fourth-order valence-electron chi connectivity index (χ4n) is 12.5. The summed E-state index contributed by atoms with van der Waals surface area (Å²) < 4.78 is 18.4. The monoisotopic (exact) mass is 1160 g/mol. The van der Waals surface area contributed by atoms with Crippen molar-refractivity contribution in [3.63, 3.8) is 0 Å². The maximum absolute atomic E-state index is 6.72. The number of thiophene rings is 2. The first kappa shape index (κ1) is 50.1. The molecule has 0 aliphatic rings. The zero-order valence-electron chi connectivity index (χ0n) is 46.7. The third-order valence-electron chi connectivity index (χ3n) is 16.8. The SMILES string of the molecule is c1ccc(-c2nc(-c3ccccc3)nc(-c3ccc4c(c3)oc3cc(-c5cccc6c5sc5ccc(-c7cccc(-c8nc(-c9ccccc9)nc(-c9ccc%10c(c9)oc9cc(-c%11cccc%12sc%13ccccc%13c%11%12)ccc9%10)n8)c7)cc56)ccc34)n2)cc1. The van der Waals surface area contributed by atoms with Crippen LogP contribution in [0.2, 0.25) is 0 Å². The third-order valence-corrected chi connectivity index (χ3v) is 19.2. The summed E-state index contributed by atoms with van der Waals surface area (Å²) >= 11 is 3.65. The summed E-state index contributed by atoms with van der Waals surface area (Å²) in [6, 6.07) is 93.0. The highest BCUT2D eigenvalue weighted by molar-refractivity contribution is 7.26. The van der Waals surface area contributed by atoms with Crippen molar-refractivity contribution in [1.29, 1.82) is 0 Å². The zero-order valence-corrected chi connectivity index (χ0v) is 48.4. The lowest BCUT2D eigenvalue weighted by Crippen LogP contribution is -2.00. The number of hydrogen-bond donors (Lipinski definition) is 0. The molecule has 410 valence electrons. The van der Waals surface area contributed by atoms with Crippen molar-refractivity contribution < 1.29 is 8.83 Å². The molecular weight excluding hydrogens is 1120 g/mol. The first-order valence-corrected chi connectivity index (χ1v) is 30.8. The van der Waals surface area contributed by atoms with Crippen LogP contribution in [-0.4, -0.2) is 29.9 Å². The van der Waals surface area contributed by atoms with Gasteiger partial charge in [-0.25, -0.2) is 29.9 Å². The van der Waals surface area contributed by atoms with E-state index in [1.165, 1.54) is 45.9 Å². The van der Waals surface area contributed by atoms with E-state index in [0.29, 0.717) is 34.9 Å². The molecule has 0 atom stereocenters. The minimum atomic E-state index is 0.565. The van der Waals surface area contributed by atoms with E-state index < -0.39 is 0 Å². The molecule has 8 nitrogen and oxygen atoms in total. The van der Waals surface area contributed by atoms with Crippen LogP contribution in [0.5, 0.6) is 0 Å². The van der Waals surface area contributed by atoms with Crippen LogP contribution in [0.15, 0.2) is 276 Å². The Morgan fingerprint density at radius 3 is 1.16 bits per heavy atom. The average Bonchev–Trinajstić information content (AvgIpc) is 3.04. The minimum Gasteiger partial charge on any atom is -0.456 e. The van der Waals surface area contributed by atoms with Gasteiger partial charge in [-0.3, -0.25) is 0 Å². The number of furan rings is 2. The summed E-state index contributed by atoms with van der Waals surface area (Å²) in [6.07, 6.45) is 0. The summed E-state index contributed by atoms with van der Waals surface area (Å²) in [5.41, 5.74) is 15.2. The van der Waals surface area contributed by atoms with Gasteiger partial charge >= 0.3 is 0 Å². The Kier molecular flexibility index (Phi) is 11.5. The molecule has 0 radical (unpaired) electrons. The molecule has 18 aromatic rings. The van der Waals surface area contributed by atoms with Gasteiger partial charge in [-0.2, -0.15) is 0 Å². The lowest BCUT2D eigenvalue weighted by atomic mass is 9.98. The Morgan fingerprint density at radius 2 is 0.591 bits per heavy atom. The largest absolute Gasteiger partial charge is 0.456 e. The van der Waals surface area contributed by atoms with E-state index >= 15 is 0 Å². The summed E-state index contributed by atoms with van der Waals surface area (Å²) in [5, 5.41) is 9.13.